The number of nitrogens with zero attached hydrogens (tertiary/aromatic N) is 1. The lowest BCUT2D eigenvalue weighted by Crippen LogP contribution is -2.46. The van der Waals surface area contributed by atoms with Crippen LogP contribution >= 0.6 is 11.3 Å². The zero-order valence-corrected chi connectivity index (χ0v) is 13.0. The van der Waals surface area contributed by atoms with Gasteiger partial charge < -0.3 is 5.32 Å². The average molecular weight is 292 g/mol. The summed E-state index contributed by atoms with van der Waals surface area (Å²) in [5.41, 5.74) is 2.94. The maximum absolute atomic E-state index is 13.1. The number of halogens is 1. The summed E-state index contributed by atoms with van der Waals surface area (Å²) in [6.07, 6.45) is 2.86. The maximum atomic E-state index is 13.1. The summed E-state index contributed by atoms with van der Waals surface area (Å²) in [4.78, 5) is 5.41. The molecule has 2 nitrogen and oxygen atoms in total. The van der Waals surface area contributed by atoms with Crippen LogP contribution in [0, 0.1) is 5.82 Å². The number of hydrogen-bond donors (Lipinski definition) is 1. The van der Waals surface area contributed by atoms with Gasteiger partial charge in [-0.2, -0.15) is 0 Å². The fourth-order valence-electron chi connectivity index (χ4n) is 2.45. The first-order valence-electron chi connectivity index (χ1n) is 6.91. The van der Waals surface area contributed by atoms with Crippen molar-refractivity contribution in [2.45, 2.75) is 38.6 Å². The van der Waals surface area contributed by atoms with Gasteiger partial charge in [0, 0.05) is 22.5 Å². The van der Waals surface area contributed by atoms with Gasteiger partial charge in [-0.05, 0) is 30.7 Å². The highest BCUT2D eigenvalue weighted by Gasteiger charge is 2.31. The van der Waals surface area contributed by atoms with E-state index in [1.54, 1.807) is 11.3 Å². The van der Waals surface area contributed by atoms with Gasteiger partial charge in [0.2, 0.25) is 0 Å². The summed E-state index contributed by atoms with van der Waals surface area (Å²) in [6, 6.07) is 7.12. The molecule has 2 rings (SSSR count). The van der Waals surface area contributed by atoms with Crippen molar-refractivity contribution in [3.8, 4) is 0 Å². The molecule has 1 atom stereocenters. The Bertz CT molecular complexity index is 520. The summed E-state index contributed by atoms with van der Waals surface area (Å²) in [7, 11) is 0. The lowest BCUT2D eigenvalue weighted by atomic mass is 9.76. The van der Waals surface area contributed by atoms with E-state index in [2.05, 4.69) is 31.1 Å². The van der Waals surface area contributed by atoms with Gasteiger partial charge in [0.1, 0.15) is 5.82 Å². The van der Waals surface area contributed by atoms with E-state index >= 15 is 0 Å². The van der Waals surface area contributed by atoms with Gasteiger partial charge in [-0.15, -0.1) is 11.3 Å². The number of nitrogens with one attached hydrogen (secondary N) is 1. The molecule has 0 bridgehead atoms. The molecule has 0 aliphatic rings. The van der Waals surface area contributed by atoms with Crippen LogP contribution in [0.2, 0.25) is 0 Å². The third kappa shape index (κ3) is 3.44. The molecule has 4 heteroatoms. The Kier molecular flexibility index (Phi) is 4.89. The van der Waals surface area contributed by atoms with E-state index < -0.39 is 0 Å². The highest BCUT2D eigenvalue weighted by atomic mass is 32.1. The lowest BCUT2D eigenvalue weighted by molar-refractivity contribution is 0.344. The van der Waals surface area contributed by atoms with Gasteiger partial charge in [-0.1, -0.05) is 32.9 Å². The molecule has 0 fully saturated rings. The molecule has 1 unspecified atom stereocenters. The first kappa shape index (κ1) is 15.1. The average Bonchev–Trinajstić information content (AvgIpc) is 2.92. The standard InChI is InChI=1S/C16H21FN2S/c1-4-19-15(9-14-10-18-11-20-14)16(2,3)12-5-7-13(17)8-6-12/h5-8,10-11,15,19H,4,9H2,1-3H3. The van der Waals surface area contributed by atoms with Gasteiger partial charge >= 0.3 is 0 Å². The van der Waals surface area contributed by atoms with Crippen molar-refractivity contribution >= 4 is 11.3 Å². The summed E-state index contributed by atoms with van der Waals surface area (Å²) < 4.78 is 13.1. The first-order valence-corrected chi connectivity index (χ1v) is 7.78. The van der Waals surface area contributed by atoms with Crippen LogP contribution < -0.4 is 5.32 Å². The molecule has 1 aromatic carbocycles. The molecule has 2 aromatic rings. The molecule has 1 heterocycles. The Hall–Kier alpha value is -1.26. The van der Waals surface area contributed by atoms with Gasteiger partial charge in [-0.3, -0.25) is 4.98 Å². The third-order valence-corrected chi connectivity index (χ3v) is 4.60. The Balaban J connectivity index is 2.23. The molecule has 1 aromatic heterocycles. The Morgan fingerprint density at radius 1 is 1.30 bits per heavy atom. The van der Waals surface area contributed by atoms with Crippen LogP contribution in [0.3, 0.4) is 0 Å². The largest absolute Gasteiger partial charge is 0.313 e. The predicted octanol–water partition coefficient (Wildman–Crippen LogP) is 3.78. The molecule has 108 valence electrons. The van der Waals surface area contributed by atoms with Crippen molar-refractivity contribution in [2.24, 2.45) is 0 Å². The molecule has 0 amide bonds. The molecule has 0 aliphatic heterocycles. The van der Waals surface area contributed by atoms with E-state index in [9.17, 15) is 4.39 Å². The van der Waals surface area contributed by atoms with Crippen LogP contribution in [0.25, 0.3) is 0 Å². The molecule has 1 N–H and O–H groups in total. The van der Waals surface area contributed by atoms with Crippen molar-refractivity contribution < 1.29 is 4.39 Å². The molecule has 0 spiro atoms. The molecule has 20 heavy (non-hydrogen) atoms. The Morgan fingerprint density at radius 2 is 2.00 bits per heavy atom. The second-order valence-electron chi connectivity index (χ2n) is 5.51. The van der Waals surface area contributed by atoms with Crippen LogP contribution in [0.15, 0.2) is 36.0 Å². The third-order valence-electron chi connectivity index (χ3n) is 3.80. The minimum Gasteiger partial charge on any atom is -0.313 e. The normalized spacial score (nSPS) is 13.4. The van der Waals surface area contributed by atoms with E-state index in [-0.39, 0.29) is 11.2 Å². The first-order chi connectivity index (χ1) is 9.54. The van der Waals surface area contributed by atoms with Crippen molar-refractivity contribution in [3.63, 3.8) is 0 Å². The monoisotopic (exact) mass is 292 g/mol. The summed E-state index contributed by atoms with van der Waals surface area (Å²) >= 11 is 1.68. The molecule has 0 saturated carbocycles. The van der Waals surface area contributed by atoms with Crippen molar-refractivity contribution in [1.29, 1.82) is 0 Å². The zero-order valence-electron chi connectivity index (χ0n) is 12.2. The number of benzene rings is 1. The van der Waals surface area contributed by atoms with E-state index in [0.29, 0.717) is 6.04 Å². The van der Waals surface area contributed by atoms with Gasteiger partial charge in [0.15, 0.2) is 0 Å². The van der Waals surface area contributed by atoms with E-state index in [1.165, 1.54) is 17.0 Å². The smallest absolute Gasteiger partial charge is 0.123 e. The van der Waals surface area contributed by atoms with E-state index in [0.717, 1.165) is 18.5 Å². The SMILES string of the molecule is CCNC(Cc1cncs1)C(C)(C)c1ccc(F)cc1. The second-order valence-corrected chi connectivity index (χ2v) is 6.48. The van der Waals surface area contributed by atoms with Gasteiger partial charge in [0.05, 0.1) is 5.51 Å². The molecule has 0 radical (unpaired) electrons. The number of aromatic nitrogens is 1. The molecule has 0 saturated heterocycles. The fourth-order valence-corrected chi connectivity index (χ4v) is 3.10. The summed E-state index contributed by atoms with van der Waals surface area (Å²) in [5.74, 6) is -0.188. The highest BCUT2D eigenvalue weighted by Crippen LogP contribution is 2.30. The van der Waals surface area contributed by atoms with Gasteiger partial charge in [-0.25, -0.2) is 4.39 Å². The van der Waals surface area contributed by atoms with Crippen LogP contribution in [0.1, 0.15) is 31.2 Å². The van der Waals surface area contributed by atoms with Crippen molar-refractivity contribution in [1.82, 2.24) is 10.3 Å². The van der Waals surface area contributed by atoms with E-state index in [4.69, 9.17) is 0 Å². The summed E-state index contributed by atoms with van der Waals surface area (Å²) in [6.45, 7) is 7.43. The van der Waals surface area contributed by atoms with Crippen LogP contribution in [-0.2, 0) is 11.8 Å². The predicted molar refractivity (Wildman–Crippen MR) is 82.7 cm³/mol. The lowest BCUT2D eigenvalue weighted by Gasteiger charge is -2.35. The van der Waals surface area contributed by atoms with E-state index in [1.807, 2.05) is 23.8 Å². The minimum atomic E-state index is -0.188. The Morgan fingerprint density at radius 3 is 2.55 bits per heavy atom. The van der Waals surface area contributed by atoms with Crippen LogP contribution in [0.5, 0.6) is 0 Å². The second kappa shape index (κ2) is 6.46. The number of thiazole rings is 1. The number of likely N-dealkylation sites (N-methyl/N-ethyl adjacent to an activating group) is 1. The Labute approximate surface area is 124 Å². The minimum absolute atomic E-state index is 0.0757. The van der Waals surface area contributed by atoms with Crippen LogP contribution in [0.4, 0.5) is 4.39 Å². The van der Waals surface area contributed by atoms with Crippen LogP contribution in [-0.4, -0.2) is 17.6 Å². The fraction of sp³-hybridized carbons (Fsp3) is 0.438. The molecule has 0 aliphatic carbocycles. The summed E-state index contributed by atoms with van der Waals surface area (Å²) in [5, 5.41) is 3.56. The molecular formula is C16H21FN2S. The van der Waals surface area contributed by atoms with Crippen molar-refractivity contribution in [3.05, 3.63) is 52.2 Å². The van der Waals surface area contributed by atoms with Crippen molar-refractivity contribution in [2.75, 3.05) is 6.54 Å². The highest BCUT2D eigenvalue weighted by molar-refractivity contribution is 7.09. The number of hydrogen-bond acceptors (Lipinski definition) is 3. The maximum Gasteiger partial charge on any atom is 0.123 e. The molecular weight excluding hydrogens is 271 g/mol. The number of rotatable bonds is 6. The topological polar surface area (TPSA) is 24.9 Å². The quantitative estimate of drug-likeness (QED) is 0.876. The van der Waals surface area contributed by atoms with Gasteiger partial charge in [0.25, 0.3) is 0 Å². The zero-order chi connectivity index (χ0) is 14.6.